The molecule has 0 bridgehead atoms. The first-order valence-electron chi connectivity index (χ1n) is 7.64. The van der Waals surface area contributed by atoms with Gasteiger partial charge >= 0.3 is 0 Å². The molecular weight excluding hydrogens is 266 g/mol. The van der Waals surface area contributed by atoms with Crippen molar-refractivity contribution in [2.75, 3.05) is 6.54 Å². The van der Waals surface area contributed by atoms with Crippen LogP contribution in [0.1, 0.15) is 50.5 Å². The van der Waals surface area contributed by atoms with Crippen molar-refractivity contribution in [3.8, 4) is 0 Å². The number of unbranched alkanes of at least 4 members (excludes halogenated alkanes) is 1. The second-order valence-electron chi connectivity index (χ2n) is 5.44. The second kappa shape index (κ2) is 8.15. The van der Waals surface area contributed by atoms with Crippen LogP contribution in [0.15, 0.2) is 30.3 Å². The SMILES string of the molecule is O=C(CCCCc1ccccc1)N1CCCCCC1=S. The summed E-state index contributed by atoms with van der Waals surface area (Å²) >= 11 is 5.35. The summed E-state index contributed by atoms with van der Waals surface area (Å²) in [5.74, 6) is 0.227. The van der Waals surface area contributed by atoms with Gasteiger partial charge in [-0.25, -0.2) is 0 Å². The predicted octanol–water partition coefficient (Wildman–Crippen LogP) is 4.13. The number of hydrogen-bond acceptors (Lipinski definition) is 2. The average Bonchev–Trinajstić information content (AvgIpc) is 2.69. The van der Waals surface area contributed by atoms with Gasteiger partial charge in [0.2, 0.25) is 5.91 Å². The zero-order valence-electron chi connectivity index (χ0n) is 12.0. The quantitative estimate of drug-likeness (QED) is 0.600. The molecule has 20 heavy (non-hydrogen) atoms. The summed E-state index contributed by atoms with van der Waals surface area (Å²) in [5, 5.41) is 0. The minimum atomic E-state index is 0.227. The van der Waals surface area contributed by atoms with E-state index in [0.29, 0.717) is 6.42 Å². The van der Waals surface area contributed by atoms with Crippen LogP contribution in [0, 0.1) is 0 Å². The van der Waals surface area contributed by atoms with Crippen LogP contribution in [0.25, 0.3) is 0 Å². The highest BCUT2D eigenvalue weighted by Gasteiger charge is 2.19. The van der Waals surface area contributed by atoms with Gasteiger partial charge in [-0.3, -0.25) is 4.79 Å². The van der Waals surface area contributed by atoms with Crippen molar-refractivity contribution < 1.29 is 4.79 Å². The van der Waals surface area contributed by atoms with Crippen molar-refractivity contribution >= 4 is 23.1 Å². The molecular formula is C17H23NOS. The third-order valence-electron chi connectivity index (χ3n) is 3.82. The topological polar surface area (TPSA) is 20.3 Å². The third kappa shape index (κ3) is 4.71. The molecule has 1 heterocycles. The van der Waals surface area contributed by atoms with Crippen LogP contribution in [0.3, 0.4) is 0 Å². The maximum atomic E-state index is 12.2. The number of amides is 1. The van der Waals surface area contributed by atoms with E-state index in [4.69, 9.17) is 12.2 Å². The molecule has 0 saturated carbocycles. The lowest BCUT2D eigenvalue weighted by Gasteiger charge is -2.20. The molecule has 2 nitrogen and oxygen atoms in total. The van der Waals surface area contributed by atoms with E-state index in [1.807, 2.05) is 11.0 Å². The molecule has 0 atom stereocenters. The lowest BCUT2D eigenvalue weighted by atomic mass is 10.1. The molecule has 0 radical (unpaired) electrons. The van der Waals surface area contributed by atoms with Crippen LogP contribution < -0.4 is 0 Å². The van der Waals surface area contributed by atoms with Gasteiger partial charge in [-0.2, -0.15) is 0 Å². The third-order valence-corrected chi connectivity index (χ3v) is 4.25. The first kappa shape index (κ1) is 15.2. The van der Waals surface area contributed by atoms with Gasteiger partial charge in [0, 0.05) is 13.0 Å². The highest BCUT2D eigenvalue weighted by molar-refractivity contribution is 7.80. The molecule has 0 N–H and O–H groups in total. The summed E-state index contributed by atoms with van der Waals surface area (Å²) in [4.78, 5) is 14.9. The summed E-state index contributed by atoms with van der Waals surface area (Å²) in [6.07, 6.45) is 8.03. The Morgan fingerprint density at radius 1 is 1.10 bits per heavy atom. The monoisotopic (exact) mass is 289 g/mol. The molecule has 108 valence electrons. The molecule has 1 aliphatic rings. The van der Waals surface area contributed by atoms with Crippen molar-refractivity contribution in [2.24, 2.45) is 0 Å². The van der Waals surface area contributed by atoms with Crippen molar-refractivity contribution in [3.63, 3.8) is 0 Å². The molecule has 0 aromatic heterocycles. The van der Waals surface area contributed by atoms with E-state index in [0.717, 1.165) is 50.1 Å². The Labute approximate surface area is 127 Å². The van der Waals surface area contributed by atoms with E-state index in [-0.39, 0.29) is 5.91 Å². The molecule has 1 fully saturated rings. The van der Waals surface area contributed by atoms with E-state index in [1.165, 1.54) is 12.0 Å². The van der Waals surface area contributed by atoms with Crippen LogP contribution in [-0.4, -0.2) is 22.3 Å². The molecule has 0 unspecified atom stereocenters. The van der Waals surface area contributed by atoms with Gasteiger partial charge in [0.25, 0.3) is 0 Å². The summed E-state index contributed by atoms with van der Waals surface area (Å²) in [6.45, 7) is 0.830. The second-order valence-corrected chi connectivity index (χ2v) is 5.91. The van der Waals surface area contributed by atoms with Crippen LogP contribution in [0.2, 0.25) is 0 Å². The van der Waals surface area contributed by atoms with Crippen molar-refractivity contribution in [1.29, 1.82) is 0 Å². The van der Waals surface area contributed by atoms with Gasteiger partial charge in [0.05, 0.1) is 4.99 Å². The highest BCUT2D eigenvalue weighted by atomic mass is 32.1. The molecule has 0 aliphatic carbocycles. The highest BCUT2D eigenvalue weighted by Crippen LogP contribution is 2.15. The van der Waals surface area contributed by atoms with Crippen LogP contribution in [0.5, 0.6) is 0 Å². The van der Waals surface area contributed by atoms with Crippen LogP contribution in [-0.2, 0) is 11.2 Å². The number of likely N-dealkylation sites (tertiary alicyclic amines) is 1. The van der Waals surface area contributed by atoms with E-state index in [2.05, 4.69) is 24.3 Å². The lowest BCUT2D eigenvalue weighted by molar-refractivity contribution is -0.127. The average molecular weight is 289 g/mol. The number of benzene rings is 1. The minimum Gasteiger partial charge on any atom is -0.307 e. The van der Waals surface area contributed by atoms with E-state index in [9.17, 15) is 4.79 Å². The molecule has 1 aromatic rings. The lowest BCUT2D eigenvalue weighted by Crippen LogP contribution is -2.35. The molecule has 1 aliphatic heterocycles. The number of carbonyl (C=O) groups excluding carboxylic acids is 1. The number of rotatable bonds is 5. The van der Waals surface area contributed by atoms with Crippen LogP contribution in [0.4, 0.5) is 0 Å². The zero-order chi connectivity index (χ0) is 14.2. The van der Waals surface area contributed by atoms with Gasteiger partial charge in [0.1, 0.15) is 0 Å². The standard InChI is InChI=1S/C17H23NOS/c19-16(18-14-8-2-5-13-17(18)20)12-7-6-11-15-9-3-1-4-10-15/h1,3-4,9-10H,2,5-8,11-14H2. The Kier molecular flexibility index (Phi) is 6.19. The number of nitrogens with zero attached hydrogens (tertiary/aromatic N) is 1. The summed E-state index contributed by atoms with van der Waals surface area (Å²) in [5.41, 5.74) is 1.35. The maximum Gasteiger partial charge on any atom is 0.227 e. The maximum absolute atomic E-state index is 12.2. The summed E-state index contributed by atoms with van der Waals surface area (Å²) in [6, 6.07) is 10.5. The van der Waals surface area contributed by atoms with Gasteiger partial charge in [-0.05, 0) is 44.1 Å². The zero-order valence-corrected chi connectivity index (χ0v) is 12.8. The first-order chi connectivity index (χ1) is 9.77. The Hall–Kier alpha value is -1.22. The fourth-order valence-electron chi connectivity index (χ4n) is 2.63. The molecule has 1 saturated heterocycles. The molecule has 1 amide bonds. The minimum absolute atomic E-state index is 0.227. The number of carbonyl (C=O) groups is 1. The van der Waals surface area contributed by atoms with Gasteiger partial charge in [0.15, 0.2) is 0 Å². The fourth-order valence-corrected chi connectivity index (χ4v) is 2.97. The predicted molar refractivity (Wildman–Crippen MR) is 86.8 cm³/mol. The molecule has 1 aromatic carbocycles. The van der Waals surface area contributed by atoms with E-state index < -0.39 is 0 Å². The summed E-state index contributed by atoms with van der Waals surface area (Å²) in [7, 11) is 0. The number of thiocarbonyl (C=S) groups is 1. The molecule has 0 spiro atoms. The number of hydrogen-bond donors (Lipinski definition) is 0. The smallest absolute Gasteiger partial charge is 0.227 e. The van der Waals surface area contributed by atoms with E-state index >= 15 is 0 Å². The Balaban J connectivity index is 1.70. The van der Waals surface area contributed by atoms with Crippen molar-refractivity contribution in [2.45, 2.75) is 51.4 Å². The van der Waals surface area contributed by atoms with Gasteiger partial charge in [-0.1, -0.05) is 49.0 Å². The molecule has 2 rings (SSSR count). The molecule has 3 heteroatoms. The first-order valence-corrected chi connectivity index (χ1v) is 8.05. The van der Waals surface area contributed by atoms with E-state index in [1.54, 1.807) is 0 Å². The van der Waals surface area contributed by atoms with Crippen molar-refractivity contribution in [3.05, 3.63) is 35.9 Å². The Morgan fingerprint density at radius 3 is 2.70 bits per heavy atom. The Bertz CT molecular complexity index is 444. The number of aryl methyl sites for hydroxylation is 1. The van der Waals surface area contributed by atoms with Crippen LogP contribution >= 0.6 is 12.2 Å². The van der Waals surface area contributed by atoms with Crippen molar-refractivity contribution in [1.82, 2.24) is 4.90 Å². The Morgan fingerprint density at radius 2 is 1.90 bits per heavy atom. The van der Waals surface area contributed by atoms with Gasteiger partial charge < -0.3 is 4.90 Å². The summed E-state index contributed by atoms with van der Waals surface area (Å²) < 4.78 is 0. The fraction of sp³-hybridized carbons (Fsp3) is 0.529. The normalized spacial score (nSPS) is 16.0. The largest absolute Gasteiger partial charge is 0.307 e. The van der Waals surface area contributed by atoms with Gasteiger partial charge in [-0.15, -0.1) is 0 Å².